The summed E-state index contributed by atoms with van der Waals surface area (Å²) in [5, 5.41) is 0. The molecule has 21 heavy (non-hydrogen) atoms. The van der Waals surface area contributed by atoms with Gasteiger partial charge >= 0.3 is 0 Å². The molecular formula is C16H16ClN3O. The van der Waals surface area contributed by atoms with Gasteiger partial charge in [0.05, 0.1) is 7.11 Å². The van der Waals surface area contributed by atoms with Crippen molar-refractivity contribution in [2.45, 2.75) is 13.3 Å². The normalized spacial score (nSPS) is 11.0. The summed E-state index contributed by atoms with van der Waals surface area (Å²) < 4.78 is 7.28. The number of ether oxygens (including phenoxy) is 1. The Hall–Kier alpha value is -2.07. The van der Waals surface area contributed by atoms with Crippen molar-refractivity contribution < 1.29 is 4.74 Å². The van der Waals surface area contributed by atoms with Crippen LogP contribution in [0.4, 0.5) is 0 Å². The summed E-state index contributed by atoms with van der Waals surface area (Å²) in [5.74, 6) is 2.01. The van der Waals surface area contributed by atoms with Gasteiger partial charge in [0, 0.05) is 24.1 Å². The Bertz CT molecular complexity index is 782. The molecule has 1 aromatic carbocycles. The van der Waals surface area contributed by atoms with Gasteiger partial charge in [-0.25, -0.2) is 4.98 Å². The lowest BCUT2D eigenvalue weighted by atomic mass is 10.2. The van der Waals surface area contributed by atoms with Crippen LogP contribution in [-0.2, 0) is 6.42 Å². The fourth-order valence-electron chi connectivity index (χ4n) is 2.39. The fraction of sp³-hybridized carbons (Fsp3) is 0.250. The largest absolute Gasteiger partial charge is 0.481 e. The minimum Gasteiger partial charge on any atom is -0.481 e. The molecule has 2 aromatic heterocycles. The highest BCUT2D eigenvalue weighted by Crippen LogP contribution is 2.23. The molecule has 2 heterocycles. The number of pyridine rings is 1. The third-order valence-electron chi connectivity index (χ3n) is 3.34. The van der Waals surface area contributed by atoms with Gasteiger partial charge in [0.1, 0.15) is 11.3 Å². The summed E-state index contributed by atoms with van der Waals surface area (Å²) in [4.78, 5) is 9.18. The van der Waals surface area contributed by atoms with Crippen molar-refractivity contribution in [3.63, 3.8) is 0 Å². The van der Waals surface area contributed by atoms with Crippen LogP contribution >= 0.6 is 11.6 Å². The summed E-state index contributed by atoms with van der Waals surface area (Å²) in [6, 6.07) is 12.0. The molecule has 5 heteroatoms. The monoisotopic (exact) mass is 301 g/mol. The van der Waals surface area contributed by atoms with Crippen LogP contribution in [0.3, 0.4) is 0 Å². The summed E-state index contributed by atoms with van der Waals surface area (Å²) in [5.41, 5.74) is 3.87. The average Bonchev–Trinajstić information content (AvgIpc) is 2.84. The minimum atomic E-state index is 0.520. The van der Waals surface area contributed by atoms with Gasteiger partial charge in [0.15, 0.2) is 5.65 Å². The molecule has 0 aliphatic carbocycles. The molecular weight excluding hydrogens is 286 g/mol. The Morgan fingerprint density at radius 1 is 1.19 bits per heavy atom. The van der Waals surface area contributed by atoms with Crippen LogP contribution in [0.1, 0.15) is 11.4 Å². The Morgan fingerprint density at radius 3 is 2.76 bits per heavy atom. The van der Waals surface area contributed by atoms with Crippen LogP contribution in [0.15, 0.2) is 36.4 Å². The van der Waals surface area contributed by atoms with Crippen molar-refractivity contribution >= 4 is 22.8 Å². The van der Waals surface area contributed by atoms with E-state index in [0.717, 1.165) is 22.7 Å². The second kappa shape index (κ2) is 5.74. The molecule has 0 atom stereocenters. The van der Waals surface area contributed by atoms with Crippen LogP contribution in [0, 0.1) is 6.92 Å². The highest BCUT2D eigenvalue weighted by atomic mass is 35.5. The van der Waals surface area contributed by atoms with E-state index in [4.69, 9.17) is 16.3 Å². The maximum atomic E-state index is 5.91. The lowest BCUT2D eigenvalue weighted by Gasteiger charge is -2.09. The number of halogens is 1. The molecule has 0 aliphatic rings. The number of hydrogen-bond acceptors (Lipinski definition) is 3. The van der Waals surface area contributed by atoms with Gasteiger partial charge in [-0.05, 0) is 30.7 Å². The van der Waals surface area contributed by atoms with Gasteiger partial charge < -0.3 is 4.74 Å². The molecule has 108 valence electrons. The van der Waals surface area contributed by atoms with Crippen molar-refractivity contribution in [2.75, 3.05) is 13.0 Å². The van der Waals surface area contributed by atoms with Crippen molar-refractivity contribution in [1.29, 1.82) is 0 Å². The Labute approximate surface area is 128 Å². The van der Waals surface area contributed by atoms with Crippen molar-refractivity contribution in [1.82, 2.24) is 14.5 Å². The molecule has 3 rings (SSSR count). The topological polar surface area (TPSA) is 39.9 Å². The third kappa shape index (κ3) is 2.59. The second-order valence-corrected chi connectivity index (χ2v) is 5.22. The summed E-state index contributed by atoms with van der Waals surface area (Å²) in [6.07, 6.45) is 0.689. The Kier molecular flexibility index (Phi) is 3.80. The number of fused-ring (bicyclic) bond motifs is 1. The van der Waals surface area contributed by atoms with Gasteiger partial charge in [-0.1, -0.05) is 12.1 Å². The number of aryl methyl sites for hydroxylation is 2. The second-order valence-electron chi connectivity index (χ2n) is 4.84. The number of benzene rings is 1. The quantitative estimate of drug-likeness (QED) is 0.692. The van der Waals surface area contributed by atoms with Crippen LogP contribution in [0.5, 0.6) is 5.88 Å². The summed E-state index contributed by atoms with van der Waals surface area (Å²) >= 11 is 5.91. The summed E-state index contributed by atoms with van der Waals surface area (Å²) in [6.45, 7) is 2.07. The molecule has 0 saturated carbocycles. The number of methoxy groups -OCH3 is 1. The zero-order chi connectivity index (χ0) is 14.8. The fourth-order valence-corrected chi connectivity index (χ4v) is 2.56. The molecule has 0 unspecified atom stereocenters. The first-order valence-electron chi connectivity index (χ1n) is 6.78. The first kappa shape index (κ1) is 13.9. The number of rotatable bonds is 4. The summed E-state index contributed by atoms with van der Waals surface area (Å²) in [7, 11) is 1.61. The van der Waals surface area contributed by atoms with Gasteiger partial charge in [-0.2, -0.15) is 4.98 Å². The van der Waals surface area contributed by atoms with E-state index in [1.165, 1.54) is 5.56 Å². The molecule has 3 aromatic rings. The van der Waals surface area contributed by atoms with Crippen molar-refractivity contribution in [2.24, 2.45) is 0 Å². The molecule has 0 bridgehead atoms. The van der Waals surface area contributed by atoms with E-state index in [1.807, 2.05) is 28.8 Å². The molecule has 0 radical (unpaired) electrons. The predicted octanol–water partition coefficient (Wildman–Crippen LogP) is 3.52. The van der Waals surface area contributed by atoms with E-state index >= 15 is 0 Å². The number of aromatic nitrogens is 3. The van der Waals surface area contributed by atoms with E-state index in [-0.39, 0.29) is 0 Å². The van der Waals surface area contributed by atoms with E-state index in [0.29, 0.717) is 18.2 Å². The van der Waals surface area contributed by atoms with Crippen molar-refractivity contribution in [3.05, 3.63) is 47.8 Å². The number of hydrogen-bond donors (Lipinski definition) is 0. The number of nitrogens with zero attached hydrogens (tertiary/aromatic N) is 3. The van der Waals surface area contributed by atoms with Gasteiger partial charge in [-0.3, -0.25) is 4.57 Å². The molecule has 0 spiro atoms. The lowest BCUT2D eigenvalue weighted by molar-refractivity contribution is 0.399. The lowest BCUT2D eigenvalue weighted by Crippen LogP contribution is -2.03. The molecule has 0 saturated heterocycles. The smallest absolute Gasteiger partial charge is 0.215 e. The van der Waals surface area contributed by atoms with E-state index in [9.17, 15) is 0 Å². The van der Waals surface area contributed by atoms with Gasteiger partial charge in [-0.15, -0.1) is 11.6 Å². The molecule has 0 aliphatic heterocycles. The zero-order valence-electron chi connectivity index (χ0n) is 12.0. The van der Waals surface area contributed by atoms with Crippen molar-refractivity contribution in [3.8, 4) is 11.6 Å². The zero-order valence-corrected chi connectivity index (χ0v) is 12.8. The van der Waals surface area contributed by atoms with E-state index < -0.39 is 0 Å². The average molecular weight is 302 g/mol. The van der Waals surface area contributed by atoms with Gasteiger partial charge in [0.2, 0.25) is 5.88 Å². The van der Waals surface area contributed by atoms with Crippen LogP contribution < -0.4 is 4.74 Å². The molecule has 0 fully saturated rings. The first-order valence-corrected chi connectivity index (χ1v) is 7.32. The maximum absolute atomic E-state index is 5.91. The Balaban J connectivity index is 2.28. The third-order valence-corrected chi connectivity index (χ3v) is 3.52. The SMILES string of the molecule is COc1ccc2nc(CCCl)n(-c3cccc(C)c3)c2n1. The van der Waals surface area contributed by atoms with Crippen LogP contribution in [-0.4, -0.2) is 27.5 Å². The van der Waals surface area contributed by atoms with E-state index in [2.05, 4.69) is 29.0 Å². The molecule has 0 amide bonds. The van der Waals surface area contributed by atoms with Crippen LogP contribution in [0.25, 0.3) is 16.9 Å². The highest BCUT2D eigenvalue weighted by molar-refractivity contribution is 6.17. The minimum absolute atomic E-state index is 0.520. The Morgan fingerprint density at radius 2 is 2.05 bits per heavy atom. The molecule has 0 N–H and O–H groups in total. The predicted molar refractivity (Wildman–Crippen MR) is 84.6 cm³/mol. The van der Waals surface area contributed by atoms with E-state index in [1.54, 1.807) is 7.11 Å². The number of alkyl halides is 1. The standard InChI is InChI=1S/C16H16ClN3O/c1-11-4-3-5-12(10-11)20-14(8-9-17)18-13-6-7-15(21-2)19-16(13)20/h3-7,10H,8-9H2,1-2H3. The van der Waals surface area contributed by atoms with Crippen LogP contribution in [0.2, 0.25) is 0 Å². The highest BCUT2D eigenvalue weighted by Gasteiger charge is 2.14. The number of imidazole rings is 1. The molecule has 4 nitrogen and oxygen atoms in total. The van der Waals surface area contributed by atoms with Gasteiger partial charge in [0.25, 0.3) is 0 Å². The maximum Gasteiger partial charge on any atom is 0.215 e. The first-order chi connectivity index (χ1) is 10.2.